The number of imidazole rings is 1. The van der Waals surface area contributed by atoms with E-state index in [1.165, 1.54) is 5.56 Å². The quantitative estimate of drug-likeness (QED) is 0.669. The monoisotopic (exact) mass is 281 g/mol. The molecule has 1 aromatic carbocycles. The lowest BCUT2D eigenvalue weighted by molar-refractivity contribution is 0.756. The maximum atomic E-state index is 4.44. The van der Waals surface area contributed by atoms with Gasteiger partial charge in [-0.15, -0.1) is 0 Å². The number of pyridine rings is 1. The molecule has 0 aliphatic carbocycles. The van der Waals surface area contributed by atoms with Crippen LogP contribution in [0.25, 0.3) is 0 Å². The maximum absolute atomic E-state index is 4.44. The van der Waals surface area contributed by atoms with Crippen molar-refractivity contribution in [3.63, 3.8) is 0 Å². The summed E-state index contributed by atoms with van der Waals surface area (Å²) in [4.78, 5) is 8.76. The van der Waals surface area contributed by atoms with E-state index in [2.05, 4.69) is 38.8 Å². The Morgan fingerprint density at radius 2 is 1.75 bits per heavy atom. The summed E-state index contributed by atoms with van der Waals surface area (Å²) in [6.45, 7) is 0.860. The largest absolute Gasteiger partial charge is 0.330 e. The molecule has 2 aromatic heterocycles. The van der Waals surface area contributed by atoms with E-state index in [0.717, 1.165) is 23.1 Å². The van der Waals surface area contributed by atoms with Crippen molar-refractivity contribution in [1.82, 2.24) is 14.5 Å². The molecule has 0 saturated carbocycles. The minimum absolute atomic E-state index is 0.830. The van der Waals surface area contributed by atoms with Crippen molar-refractivity contribution >= 4 is 11.8 Å². The zero-order valence-corrected chi connectivity index (χ0v) is 11.8. The van der Waals surface area contributed by atoms with Crippen molar-refractivity contribution in [2.24, 2.45) is 0 Å². The second-order valence-corrected chi connectivity index (χ2v) is 5.41. The van der Waals surface area contributed by atoms with Gasteiger partial charge in [0.2, 0.25) is 0 Å². The van der Waals surface area contributed by atoms with Crippen molar-refractivity contribution in [2.75, 3.05) is 0 Å². The molecule has 0 fully saturated rings. The van der Waals surface area contributed by atoms with Crippen LogP contribution in [-0.4, -0.2) is 14.5 Å². The number of hydrogen-bond acceptors (Lipinski definition) is 3. The number of thioether (sulfide) groups is 1. The molecule has 20 heavy (non-hydrogen) atoms. The Hall–Kier alpha value is -2.07. The topological polar surface area (TPSA) is 30.7 Å². The number of aromatic nitrogens is 3. The smallest absolute Gasteiger partial charge is 0.119 e. The van der Waals surface area contributed by atoms with Crippen LogP contribution < -0.4 is 0 Å². The first-order valence-electron chi connectivity index (χ1n) is 6.49. The summed E-state index contributed by atoms with van der Waals surface area (Å²) >= 11 is 1.71. The van der Waals surface area contributed by atoms with Gasteiger partial charge in [0.05, 0.1) is 10.8 Å². The van der Waals surface area contributed by atoms with Gasteiger partial charge in [0.15, 0.2) is 0 Å². The molecular formula is C16H15N3S. The van der Waals surface area contributed by atoms with Gasteiger partial charge in [0.1, 0.15) is 5.82 Å². The van der Waals surface area contributed by atoms with E-state index in [-0.39, 0.29) is 0 Å². The van der Waals surface area contributed by atoms with E-state index >= 15 is 0 Å². The highest BCUT2D eigenvalue weighted by Crippen LogP contribution is 2.19. The molecule has 0 saturated heterocycles. The summed E-state index contributed by atoms with van der Waals surface area (Å²) < 4.78 is 2.19. The molecule has 0 atom stereocenters. The van der Waals surface area contributed by atoms with Gasteiger partial charge in [-0.3, -0.25) is 0 Å². The van der Waals surface area contributed by atoms with Gasteiger partial charge in [-0.1, -0.05) is 48.2 Å². The molecular weight excluding hydrogens is 266 g/mol. The number of benzene rings is 1. The molecule has 0 radical (unpaired) electrons. The molecule has 3 rings (SSSR count). The molecule has 0 unspecified atom stereocenters. The van der Waals surface area contributed by atoms with Gasteiger partial charge in [0, 0.05) is 25.1 Å². The molecule has 0 spiro atoms. The van der Waals surface area contributed by atoms with Gasteiger partial charge in [-0.2, -0.15) is 0 Å². The third-order valence-electron chi connectivity index (χ3n) is 2.98. The van der Waals surface area contributed by atoms with E-state index in [1.54, 1.807) is 11.8 Å². The molecule has 3 aromatic rings. The highest BCUT2D eigenvalue weighted by Gasteiger charge is 2.04. The van der Waals surface area contributed by atoms with Gasteiger partial charge in [-0.05, 0) is 17.7 Å². The van der Waals surface area contributed by atoms with Crippen LogP contribution in [0.3, 0.4) is 0 Å². The van der Waals surface area contributed by atoms with Crippen LogP contribution in [0.15, 0.2) is 72.1 Å². The fourth-order valence-electron chi connectivity index (χ4n) is 1.98. The molecule has 4 heteroatoms. The molecule has 0 aliphatic heterocycles. The SMILES string of the molecule is c1ccc(Cn2ccnc2CSc2ccccn2)cc1. The third kappa shape index (κ3) is 3.27. The van der Waals surface area contributed by atoms with E-state index in [9.17, 15) is 0 Å². The summed E-state index contributed by atoms with van der Waals surface area (Å²) in [6.07, 6.45) is 5.71. The third-order valence-corrected chi connectivity index (χ3v) is 3.92. The van der Waals surface area contributed by atoms with Crippen LogP contribution in [0, 0.1) is 0 Å². The second kappa shape index (κ2) is 6.39. The lowest BCUT2D eigenvalue weighted by Crippen LogP contribution is -2.03. The van der Waals surface area contributed by atoms with Crippen molar-refractivity contribution in [1.29, 1.82) is 0 Å². The Bertz CT molecular complexity index is 650. The Labute approximate surface area is 122 Å². The van der Waals surface area contributed by atoms with Gasteiger partial charge in [-0.25, -0.2) is 9.97 Å². The standard InChI is InChI=1S/C16H15N3S/c1-2-6-14(7-3-1)12-19-11-10-17-15(19)13-20-16-8-4-5-9-18-16/h1-11H,12-13H2. The average Bonchev–Trinajstić information content (AvgIpc) is 2.94. The highest BCUT2D eigenvalue weighted by atomic mass is 32.2. The molecule has 0 N–H and O–H groups in total. The van der Waals surface area contributed by atoms with Crippen LogP contribution in [0.4, 0.5) is 0 Å². The first kappa shape index (κ1) is 12.9. The number of hydrogen-bond donors (Lipinski definition) is 0. The Balaban J connectivity index is 1.68. The van der Waals surface area contributed by atoms with Gasteiger partial charge < -0.3 is 4.57 Å². The van der Waals surface area contributed by atoms with Crippen molar-refractivity contribution < 1.29 is 0 Å². The lowest BCUT2D eigenvalue weighted by atomic mass is 10.2. The van der Waals surface area contributed by atoms with Crippen LogP contribution in [0.5, 0.6) is 0 Å². The Kier molecular flexibility index (Phi) is 4.13. The van der Waals surface area contributed by atoms with E-state index in [1.807, 2.05) is 42.9 Å². The van der Waals surface area contributed by atoms with Crippen LogP contribution in [0.2, 0.25) is 0 Å². The molecule has 0 amide bonds. The van der Waals surface area contributed by atoms with E-state index in [4.69, 9.17) is 0 Å². The highest BCUT2D eigenvalue weighted by molar-refractivity contribution is 7.98. The lowest BCUT2D eigenvalue weighted by Gasteiger charge is -2.07. The average molecular weight is 281 g/mol. The summed E-state index contributed by atoms with van der Waals surface area (Å²) in [5.41, 5.74) is 1.29. The van der Waals surface area contributed by atoms with Crippen molar-refractivity contribution in [3.8, 4) is 0 Å². The summed E-state index contributed by atoms with van der Waals surface area (Å²) in [6, 6.07) is 16.4. The first-order valence-corrected chi connectivity index (χ1v) is 7.48. The number of rotatable bonds is 5. The molecule has 2 heterocycles. The maximum Gasteiger partial charge on any atom is 0.119 e. The van der Waals surface area contributed by atoms with Crippen molar-refractivity contribution in [3.05, 3.63) is 78.5 Å². The van der Waals surface area contributed by atoms with Crippen molar-refractivity contribution in [2.45, 2.75) is 17.3 Å². The predicted molar refractivity (Wildman–Crippen MR) is 81.6 cm³/mol. The minimum atomic E-state index is 0.830. The fourth-order valence-corrected chi connectivity index (χ4v) is 2.80. The fraction of sp³-hybridized carbons (Fsp3) is 0.125. The van der Waals surface area contributed by atoms with Crippen LogP contribution >= 0.6 is 11.8 Å². The van der Waals surface area contributed by atoms with Gasteiger partial charge >= 0.3 is 0 Å². The Morgan fingerprint density at radius 1 is 0.900 bits per heavy atom. The van der Waals surface area contributed by atoms with E-state index < -0.39 is 0 Å². The zero-order valence-electron chi connectivity index (χ0n) is 11.0. The van der Waals surface area contributed by atoms with Crippen LogP contribution in [0.1, 0.15) is 11.4 Å². The second-order valence-electron chi connectivity index (χ2n) is 4.41. The molecule has 0 bridgehead atoms. The molecule has 0 aliphatic rings. The summed E-state index contributed by atoms with van der Waals surface area (Å²) in [5, 5.41) is 1.03. The Morgan fingerprint density at radius 3 is 2.55 bits per heavy atom. The molecule has 100 valence electrons. The molecule has 3 nitrogen and oxygen atoms in total. The minimum Gasteiger partial charge on any atom is -0.330 e. The van der Waals surface area contributed by atoms with E-state index in [0.29, 0.717) is 0 Å². The van der Waals surface area contributed by atoms with Crippen LogP contribution in [-0.2, 0) is 12.3 Å². The number of nitrogens with zero attached hydrogens (tertiary/aromatic N) is 3. The zero-order chi connectivity index (χ0) is 13.6. The summed E-state index contributed by atoms with van der Waals surface area (Å²) in [7, 11) is 0. The summed E-state index contributed by atoms with van der Waals surface area (Å²) in [5.74, 6) is 1.90. The normalized spacial score (nSPS) is 10.6. The van der Waals surface area contributed by atoms with Gasteiger partial charge in [0.25, 0.3) is 0 Å². The predicted octanol–water partition coefficient (Wildman–Crippen LogP) is 3.62. The first-order chi connectivity index (χ1) is 9.92.